The standard InChI is InChI=1S/C22H19NO3S/c24-22(18-10-14-27-16-18)23(11-4-7-17-5-2-1-3-6-17)19-8-9-20-21(15-19)26-13-12-25-20/h1-10,14-16H,11-13H2/b7-4+. The Hall–Kier alpha value is -3.05. The molecule has 4 rings (SSSR count). The number of carbonyl (C=O) groups excluding carboxylic acids is 1. The van der Waals surface area contributed by atoms with Crippen LogP contribution in [0.15, 0.2) is 71.4 Å². The quantitative estimate of drug-likeness (QED) is 0.636. The number of carbonyl (C=O) groups is 1. The van der Waals surface area contributed by atoms with Gasteiger partial charge in [-0.25, -0.2) is 0 Å². The first-order valence-electron chi connectivity index (χ1n) is 8.76. The highest BCUT2D eigenvalue weighted by Gasteiger charge is 2.20. The summed E-state index contributed by atoms with van der Waals surface area (Å²) in [6.45, 7) is 1.52. The van der Waals surface area contributed by atoms with Gasteiger partial charge in [0.05, 0.1) is 5.56 Å². The summed E-state index contributed by atoms with van der Waals surface area (Å²) in [7, 11) is 0. The summed E-state index contributed by atoms with van der Waals surface area (Å²) >= 11 is 1.51. The lowest BCUT2D eigenvalue weighted by Gasteiger charge is -2.24. The van der Waals surface area contributed by atoms with Gasteiger partial charge in [-0.15, -0.1) is 0 Å². The van der Waals surface area contributed by atoms with Crippen LogP contribution in [0.3, 0.4) is 0 Å². The Morgan fingerprint density at radius 2 is 1.85 bits per heavy atom. The van der Waals surface area contributed by atoms with Gasteiger partial charge in [-0.1, -0.05) is 42.5 Å². The molecule has 1 aliphatic rings. The first-order chi connectivity index (χ1) is 13.3. The van der Waals surface area contributed by atoms with Gasteiger partial charge < -0.3 is 14.4 Å². The average Bonchev–Trinajstić information content (AvgIpc) is 3.26. The monoisotopic (exact) mass is 377 g/mol. The molecule has 1 amide bonds. The molecule has 136 valence electrons. The van der Waals surface area contributed by atoms with Gasteiger partial charge in [0, 0.05) is 23.7 Å². The zero-order valence-corrected chi connectivity index (χ0v) is 15.5. The van der Waals surface area contributed by atoms with Gasteiger partial charge in [0.15, 0.2) is 11.5 Å². The van der Waals surface area contributed by atoms with E-state index in [0.29, 0.717) is 36.8 Å². The zero-order chi connectivity index (χ0) is 18.5. The molecular formula is C22H19NO3S. The molecule has 0 bridgehead atoms. The summed E-state index contributed by atoms with van der Waals surface area (Å²) in [5.41, 5.74) is 2.57. The maximum atomic E-state index is 13.0. The number of amides is 1. The smallest absolute Gasteiger partial charge is 0.259 e. The number of benzene rings is 2. The highest BCUT2D eigenvalue weighted by Crippen LogP contribution is 2.34. The van der Waals surface area contributed by atoms with Crippen molar-refractivity contribution >= 4 is 29.0 Å². The van der Waals surface area contributed by atoms with Crippen LogP contribution in [-0.4, -0.2) is 25.7 Å². The van der Waals surface area contributed by atoms with Crippen molar-refractivity contribution < 1.29 is 14.3 Å². The third-order valence-electron chi connectivity index (χ3n) is 4.25. The Balaban J connectivity index is 1.61. The molecule has 5 heteroatoms. The maximum Gasteiger partial charge on any atom is 0.259 e. The van der Waals surface area contributed by atoms with Crippen LogP contribution >= 0.6 is 11.3 Å². The fourth-order valence-corrected chi connectivity index (χ4v) is 3.54. The van der Waals surface area contributed by atoms with Crippen LogP contribution < -0.4 is 14.4 Å². The second-order valence-corrected chi connectivity index (χ2v) is 6.85. The summed E-state index contributed by atoms with van der Waals surface area (Å²) < 4.78 is 11.3. The van der Waals surface area contributed by atoms with Crippen molar-refractivity contribution in [3.05, 3.63) is 82.6 Å². The normalized spacial score (nSPS) is 12.9. The van der Waals surface area contributed by atoms with Crippen molar-refractivity contribution in [2.45, 2.75) is 0 Å². The summed E-state index contributed by atoms with van der Waals surface area (Å²) in [5.74, 6) is 1.35. The summed E-state index contributed by atoms with van der Waals surface area (Å²) in [4.78, 5) is 14.8. The number of ether oxygens (including phenoxy) is 2. The van der Waals surface area contributed by atoms with E-state index >= 15 is 0 Å². The average molecular weight is 377 g/mol. The number of hydrogen-bond acceptors (Lipinski definition) is 4. The Kier molecular flexibility index (Phi) is 5.21. The molecule has 0 saturated carbocycles. The lowest BCUT2D eigenvalue weighted by molar-refractivity contribution is 0.0990. The third-order valence-corrected chi connectivity index (χ3v) is 4.93. The number of nitrogens with zero attached hydrogens (tertiary/aromatic N) is 1. The number of thiophene rings is 1. The van der Waals surface area contributed by atoms with Gasteiger partial charge >= 0.3 is 0 Å². The van der Waals surface area contributed by atoms with Gasteiger partial charge in [0.2, 0.25) is 0 Å². The minimum Gasteiger partial charge on any atom is -0.486 e. The van der Waals surface area contributed by atoms with Crippen molar-refractivity contribution in [1.82, 2.24) is 0 Å². The second-order valence-electron chi connectivity index (χ2n) is 6.07. The minimum atomic E-state index is -0.0364. The van der Waals surface area contributed by atoms with Crippen LogP contribution in [0, 0.1) is 0 Å². The minimum absolute atomic E-state index is 0.0364. The maximum absolute atomic E-state index is 13.0. The summed E-state index contributed by atoms with van der Waals surface area (Å²) in [6, 6.07) is 17.5. The van der Waals surface area contributed by atoms with E-state index in [2.05, 4.69) is 0 Å². The molecule has 0 saturated heterocycles. The Labute approximate surface area is 162 Å². The molecule has 3 aromatic rings. The second kappa shape index (κ2) is 8.10. The molecule has 4 nitrogen and oxygen atoms in total. The Bertz CT molecular complexity index is 935. The molecule has 0 spiro atoms. The lowest BCUT2D eigenvalue weighted by atomic mass is 10.2. The Morgan fingerprint density at radius 1 is 1.04 bits per heavy atom. The van der Waals surface area contributed by atoms with Crippen molar-refractivity contribution in [2.24, 2.45) is 0 Å². The van der Waals surface area contributed by atoms with Gasteiger partial charge in [-0.2, -0.15) is 11.3 Å². The predicted octanol–water partition coefficient (Wildman–Crippen LogP) is 4.88. The van der Waals surface area contributed by atoms with Gasteiger partial charge in [-0.3, -0.25) is 4.79 Å². The van der Waals surface area contributed by atoms with E-state index in [4.69, 9.17) is 9.47 Å². The van der Waals surface area contributed by atoms with Crippen molar-refractivity contribution in [2.75, 3.05) is 24.7 Å². The summed E-state index contributed by atoms with van der Waals surface area (Å²) in [6.07, 6.45) is 4.02. The molecule has 1 aromatic heterocycles. The van der Waals surface area contributed by atoms with E-state index in [9.17, 15) is 4.79 Å². The molecular weight excluding hydrogens is 358 g/mol. The van der Waals surface area contributed by atoms with Crippen LogP contribution in [0.4, 0.5) is 5.69 Å². The van der Waals surface area contributed by atoms with Gasteiger partial charge in [0.1, 0.15) is 13.2 Å². The van der Waals surface area contributed by atoms with Crippen molar-refractivity contribution in [3.8, 4) is 11.5 Å². The van der Waals surface area contributed by atoms with Crippen molar-refractivity contribution in [1.29, 1.82) is 0 Å². The van der Waals surface area contributed by atoms with E-state index in [-0.39, 0.29) is 5.91 Å². The fourth-order valence-electron chi connectivity index (χ4n) is 2.91. The molecule has 0 aliphatic carbocycles. The van der Waals surface area contributed by atoms with Crippen LogP contribution in [-0.2, 0) is 0 Å². The number of rotatable bonds is 5. The topological polar surface area (TPSA) is 38.8 Å². The zero-order valence-electron chi connectivity index (χ0n) is 14.7. The van der Waals surface area contributed by atoms with Gasteiger partial charge in [-0.05, 0) is 29.1 Å². The first-order valence-corrected chi connectivity index (χ1v) is 9.71. The van der Waals surface area contributed by atoms with E-state index in [1.165, 1.54) is 11.3 Å². The largest absolute Gasteiger partial charge is 0.486 e. The summed E-state index contributed by atoms with van der Waals surface area (Å²) in [5, 5.41) is 3.78. The Morgan fingerprint density at radius 3 is 2.63 bits per heavy atom. The molecule has 0 radical (unpaired) electrons. The molecule has 0 unspecified atom stereocenters. The van der Waals surface area contributed by atoms with Crippen LogP contribution in [0.25, 0.3) is 6.08 Å². The van der Waals surface area contributed by atoms with E-state index in [0.717, 1.165) is 11.3 Å². The molecule has 0 fully saturated rings. The predicted molar refractivity (Wildman–Crippen MR) is 109 cm³/mol. The number of fused-ring (bicyclic) bond motifs is 1. The fraction of sp³-hybridized carbons (Fsp3) is 0.136. The molecule has 0 atom stereocenters. The van der Waals surface area contributed by atoms with Gasteiger partial charge in [0.25, 0.3) is 5.91 Å². The highest BCUT2D eigenvalue weighted by atomic mass is 32.1. The van der Waals surface area contributed by atoms with Crippen LogP contribution in [0.2, 0.25) is 0 Å². The van der Waals surface area contributed by atoms with E-state index in [1.807, 2.05) is 77.5 Å². The number of hydrogen-bond donors (Lipinski definition) is 0. The first kappa shape index (κ1) is 17.4. The third kappa shape index (κ3) is 4.04. The highest BCUT2D eigenvalue weighted by molar-refractivity contribution is 7.08. The SMILES string of the molecule is O=C(c1ccsc1)N(C/C=C/c1ccccc1)c1ccc2c(c1)OCCO2. The molecule has 2 heterocycles. The van der Waals surface area contributed by atoms with E-state index < -0.39 is 0 Å². The van der Waals surface area contributed by atoms with Crippen LogP contribution in [0.5, 0.6) is 11.5 Å². The molecule has 0 N–H and O–H groups in total. The number of anilines is 1. The molecule has 27 heavy (non-hydrogen) atoms. The molecule has 1 aliphatic heterocycles. The van der Waals surface area contributed by atoms with E-state index in [1.54, 1.807) is 4.90 Å². The van der Waals surface area contributed by atoms with Crippen LogP contribution in [0.1, 0.15) is 15.9 Å². The lowest BCUT2D eigenvalue weighted by Crippen LogP contribution is -2.31. The van der Waals surface area contributed by atoms with Crippen molar-refractivity contribution in [3.63, 3.8) is 0 Å². The molecule has 2 aromatic carbocycles.